The molecule has 2 fully saturated rings. The molecule has 4 aromatic heterocycles. The minimum absolute atomic E-state index is 0. The topological polar surface area (TPSA) is 680 Å². The zero-order chi connectivity index (χ0) is 75.5. The predicted octanol–water partition coefficient (Wildman–Crippen LogP) is -5.74. The molecule has 6 rings (SSSR count). The number of ketones is 1. The maximum atomic E-state index is 15.2. The Morgan fingerprint density at radius 1 is 0.814 bits per heavy atom. The van der Waals surface area contributed by atoms with Gasteiger partial charge < -0.3 is 124 Å². The minimum Gasteiger partial charge on any atom is -0.726 e. The second-order valence-corrected chi connectivity index (χ2v) is 28.9. The predicted molar refractivity (Wildman–Crippen MR) is 360 cm³/mol. The lowest BCUT2D eigenvalue weighted by atomic mass is 9.87. The van der Waals surface area contributed by atoms with Crippen molar-refractivity contribution in [3.05, 3.63) is 56.8 Å². The van der Waals surface area contributed by atoms with Crippen LogP contribution in [0.1, 0.15) is 115 Å². The van der Waals surface area contributed by atoms with Crippen molar-refractivity contribution in [2.24, 2.45) is 34.8 Å². The molecular weight excluding hydrogens is 1430 g/mol. The lowest BCUT2D eigenvalue weighted by Crippen LogP contribution is -2.65. The van der Waals surface area contributed by atoms with Gasteiger partial charge in [-0.3, -0.25) is 38.1 Å². The summed E-state index contributed by atoms with van der Waals surface area (Å²) in [5.41, 5.74) is 28.4. The van der Waals surface area contributed by atoms with Crippen molar-refractivity contribution < 1.29 is 120 Å². The van der Waals surface area contributed by atoms with E-state index < -0.39 is 199 Å². The summed E-state index contributed by atoms with van der Waals surface area (Å²) in [6.45, 7) is 3.79. The second kappa shape index (κ2) is 40.2. The number of rotatable bonds is 36. The van der Waals surface area contributed by atoms with Crippen molar-refractivity contribution in [2.45, 2.75) is 177 Å². The molecule has 0 saturated carbocycles. The fourth-order valence-electron chi connectivity index (χ4n) is 10.3. The molecule has 44 heteroatoms. The minimum atomic E-state index is -4.92. The van der Waals surface area contributed by atoms with E-state index in [-0.39, 0.29) is 78.6 Å². The van der Waals surface area contributed by atoms with E-state index in [1.165, 1.54) is 50.4 Å². The Labute approximate surface area is 595 Å². The summed E-state index contributed by atoms with van der Waals surface area (Å²) in [7, 11) is -4.66. The summed E-state index contributed by atoms with van der Waals surface area (Å²) in [5.74, 6) is -9.18. The number of carbonyl (C=O) groups is 8. The van der Waals surface area contributed by atoms with Crippen LogP contribution in [0.2, 0.25) is 0 Å². The number of H-pyrrole nitrogens is 1. The number of nitrogens with one attached hydrogen (secondary N) is 5. The SMILES string of the molecule is C.Cc1c(N)nc([C@@H](CC[C@H](N)C(N)=O)CC(N)=O)nc1C(=O)N[C@H](C(=O)N[C@H](C)[C@@H](O)[C@H](C)C(=O)C[C@H](C(=O)NCCc1nc(-c2nc(C(=O)NCCC[S+](C)C)cs2)cs1)[C@@H](C)O)[C@@H](OC1OC(CO)C(O)C(O)C1OC1OC(CO)C(O)C(OC(N)=O)C1O)c1cnc[nH]1.O=S(=O)([O-])O. The van der Waals surface area contributed by atoms with Crippen LogP contribution in [0.25, 0.3) is 10.7 Å². The number of anilines is 1. The number of imidazole rings is 1. The van der Waals surface area contributed by atoms with Gasteiger partial charge in [0.1, 0.15) is 100 Å². The fourth-order valence-corrected chi connectivity index (χ4v) is 12.7. The van der Waals surface area contributed by atoms with Crippen molar-refractivity contribution in [1.82, 2.24) is 51.2 Å². The smallest absolute Gasteiger partial charge is 0.404 e. The molecule has 19 atom stereocenters. The van der Waals surface area contributed by atoms with Gasteiger partial charge in [-0.1, -0.05) is 14.4 Å². The van der Waals surface area contributed by atoms with Crippen LogP contribution in [0.3, 0.4) is 0 Å². The first kappa shape index (κ1) is 87.2. The normalized spacial score (nSPS) is 23.2. The Morgan fingerprint density at radius 2 is 1.46 bits per heavy atom. The average molecular weight is 1530 g/mol. The van der Waals surface area contributed by atoms with E-state index in [9.17, 15) is 74.4 Å². The van der Waals surface area contributed by atoms with Crippen molar-refractivity contribution in [2.75, 3.05) is 50.3 Å². The molecule has 0 aromatic carbocycles. The number of aliphatic hydroxyl groups excluding tert-OH is 8. The number of aromatic amines is 1. The van der Waals surface area contributed by atoms with Crippen LogP contribution in [0.15, 0.2) is 23.3 Å². The van der Waals surface area contributed by atoms with Crippen LogP contribution in [0.5, 0.6) is 0 Å². The summed E-state index contributed by atoms with van der Waals surface area (Å²) in [4.78, 5) is 131. The number of aromatic nitrogens is 6. The lowest BCUT2D eigenvalue weighted by Gasteiger charge is -2.47. The van der Waals surface area contributed by atoms with Gasteiger partial charge in [0.05, 0.1) is 79.2 Å². The number of aliphatic hydroxyl groups is 8. The molecule has 7 amide bonds. The molecule has 2 aliphatic rings. The summed E-state index contributed by atoms with van der Waals surface area (Å²) in [5, 5.41) is 103. The maximum absolute atomic E-state index is 15.2. The van der Waals surface area contributed by atoms with Gasteiger partial charge in [0.15, 0.2) is 18.7 Å². The number of nitrogens with zero attached hydrogens (tertiary/aromatic N) is 5. The number of ether oxygens (including phenoxy) is 5. The van der Waals surface area contributed by atoms with Gasteiger partial charge in [-0.15, -0.1) is 22.7 Å². The molecule has 0 spiro atoms. The number of nitrogens with two attached hydrogens (primary N) is 5. The standard InChI is InChI=1S/C57H85N15O21S3.CH4.H2O4S/c1-22(32(76)15-27(25(4)75)50(84)65-12-10-36-68-31(20-94-36)54-69-30(19-95-54)51(85)64-11-7-13-96(5)6)39(78)24(3)67-53(87)38(71-52(86)37-23(2)47(60)72-49(70-37)26(14-35(59)77)8-9-28(58)48(61)83)44(29-16-63-21-66-29)91-56-46(42(81)40(79)33(17-73)90-56)92-55-43(82)45(93-57(62)88)41(80)34(18-74)89-55;;1-5(2,3)4/h16,19-22,24-28,33-34,38-46,55-56,73-75,78-82H,7-15,17-18,58H2,1-6H3,(H12-,59,60,61,62,63,64,65,66,67,70,71,72,77,83,84,85,86,87,88);1H4;(H2,1,2,3,4)/t22-,24-,25-,26+,27+,28+,33?,34?,38+,39+,40?,41?,42?,43?,44+,45?,46?,55?,56?;;/m1../s1. The molecule has 6 heterocycles. The number of thiazole rings is 2. The van der Waals surface area contributed by atoms with E-state index in [0.717, 1.165) is 24.7 Å². The van der Waals surface area contributed by atoms with Crippen LogP contribution in [0.4, 0.5) is 10.6 Å². The highest BCUT2D eigenvalue weighted by atomic mass is 32.3. The van der Waals surface area contributed by atoms with E-state index in [1.807, 2.05) is 0 Å². The average Bonchev–Trinajstić information content (AvgIpc) is 0.950. The number of amides is 7. The van der Waals surface area contributed by atoms with Crippen LogP contribution < -0.4 is 49.9 Å². The van der Waals surface area contributed by atoms with Gasteiger partial charge in [-0.2, -0.15) is 0 Å². The lowest BCUT2D eigenvalue weighted by molar-refractivity contribution is -0.372. The van der Waals surface area contributed by atoms with E-state index in [4.69, 9.17) is 69.9 Å². The molecule has 40 nitrogen and oxygen atoms in total. The van der Waals surface area contributed by atoms with Crippen molar-refractivity contribution in [3.8, 4) is 10.7 Å². The largest absolute Gasteiger partial charge is 0.726 e. The van der Waals surface area contributed by atoms with Gasteiger partial charge in [0.25, 0.3) is 11.8 Å². The highest BCUT2D eigenvalue weighted by molar-refractivity contribution is 7.95. The van der Waals surface area contributed by atoms with Crippen LogP contribution in [-0.4, -0.2) is 272 Å². The summed E-state index contributed by atoms with van der Waals surface area (Å²) >= 11 is 2.55. The summed E-state index contributed by atoms with van der Waals surface area (Å²) in [6, 6.07) is -4.78. The van der Waals surface area contributed by atoms with Crippen LogP contribution in [-0.2, 0) is 75.4 Å². The van der Waals surface area contributed by atoms with E-state index in [0.29, 0.717) is 22.3 Å². The molecule has 24 N–H and O–H groups in total. The number of Topliss-reactive ketones (excluding diaryl/α,β-unsaturated/α-hetero) is 1. The summed E-state index contributed by atoms with van der Waals surface area (Å²) in [6.07, 6.45) is -20.3. The maximum Gasteiger partial charge on any atom is 0.404 e. The molecule has 102 heavy (non-hydrogen) atoms. The van der Waals surface area contributed by atoms with Crippen molar-refractivity contribution >= 4 is 97.1 Å². The first-order chi connectivity index (χ1) is 47.3. The van der Waals surface area contributed by atoms with Crippen LogP contribution in [0, 0.1) is 18.8 Å². The molecule has 10 unspecified atom stereocenters. The van der Waals surface area contributed by atoms with Crippen LogP contribution >= 0.6 is 22.7 Å². The first-order valence-corrected chi connectivity index (χ1v) is 36.3. The van der Waals surface area contributed by atoms with E-state index >= 15 is 4.79 Å². The number of nitrogen functional groups attached to an aromatic ring is 1. The van der Waals surface area contributed by atoms with E-state index in [1.54, 1.807) is 10.8 Å². The number of carbonyl (C=O) groups excluding carboxylic acids is 8. The third-order valence-corrected chi connectivity index (χ3v) is 18.9. The Kier molecular flexibility index (Phi) is 34.4. The third-order valence-electron chi connectivity index (χ3n) is 16.0. The highest BCUT2D eigenvalue weighted by Gasteiger charge is 2.54. The molecule has 0 radical (unpaired) electrons. The number of primary amides is 3. The van der Waals surface area contributed by atoms with Gasteiger partial charge >= 0.3 is 6.09 Å². The zero-order valence-electron chi connectivity index (χ0n) is 55.4. The molecule has 0 bridgehead atoms. The molecule has 572 valence electrons. The zero-order valence-corrected chi connectivity index (χ0v) is 58.6. The third kappa shape index (κ3) is 25.3. The van der Waals surface area contributed by atoms with Gasteiger partial charge in [0.2, 0.25) is 34.0 Å². The Morgan fingerprint density at radius 3 is 2.05 bits per heavy atom. The Hall–Kier alpha value is -7.19. The Bertz CT molecular complexity index is 3530. The molecule has 2 aliphatic heterocycles. The van der Waals surface area contributed by atoms with E-state index in [2.05, 4.69) is 63.7 Å². The monoisotopic (exact) mass is 1530 g/mol. The second-order valence-electron chi connectivity index (χ2n) is 23.9. The molecule has 0 aliphatic carbocycles. The first-order valence-electron chi connectivity index (χ1n) is 31.0. The van der Waals surface area contributed by atoms with Crippen molar-refractivity contribution in [1.29, 1.82) is 0 Å². The van der Waals surface area contributed by atoms with Gasteiger partial charge in [-0.05, 0) is 44.5 Å². The van der Waals surface area contributed by atoms with Gasteiger partial charge in [0, 0.05) is 66.9 Å². The highest BCUT2D eigenvalue weighted by Crippen LogP contribution is 2.35. The Balaban J connectivity index is 0.00000354. The van der Waals surface area contributed by atoms with Gasteiger partial charge in [-0.25, -0.2) is 38.1 Å². The number of hydrogen-bond donors (Lipinski definition) is 19. The molecular formula is C58H91N15O25S4. The molecule has 4 aromatic rings. The van der Waals surface area contributed by atoms with Crippen molar-refractivity contribution in [3.63, 3.8) is 0 Å². The molecule has 2 saturated heterocycles. The fraction of sp³-hybridized carbons (Fsp3) is 0.638. The quantitative estimate of drug-likeness (QED) is 0.00873. The summed E-state index contributed by atoms with van der Waals surface area (Å²) < 4.78 is 61.6. The number of hydrogen-bond acceptors (Lipinski definition) is 33.